The van der Waals surface area contributed by atoms with E-state index in [9.17, 15) is 4.79 Å². The summed E-state index contributed by atoms with van der Waals surface area (Å²) in [6, 6.07) is 9.11. The first kappa shape index (κ1) is 18.6. The van der Waals surface area contributed by atoms with Crippen LogP contribution in [-0.4, -0.2) is 43.5 Å². The van der Waals surface area contributed by atoms with E-state index < -0.39 is 0 Å². The highest BCUT2D eigenvalue weighted by Crippen LogP contribution is 2.24. The molecule has 146 valence electrons. The van der Waals surface area contributed by atoms with E-state index >= 15 is 0 Å². The van der Waals surface area contributed by atoms with Gasteiger partial charge >= 0.3 is 0 Å². The molecule has 3 heterocycles. The largest absolute Gasteiger partial charge is 0.317 e. The lowest BCUT2D eigenvalue weighted by molar-refractivity contribution is 0.102. The number of rotatable bonds is 4. The van der Waals surface area contributed by atoms with Gasteiger partial charge in [0.05, 0.1) is 10.7 Å². The van der Waals surface area contributed by atoms with Crippen LogP contribution in [0.15, 0.2) is 30.3 Å². The van der Waals surface area contributed by atoms with Gasteiger partial charge in [0, 0.05) is 18.7 Å². The van der Waals surface area contributed by atoms with Crippen LogP contribution in [0, 0.1) is 6.92 Å². The second kappa shape index (κ2) is 7.73. The van der Waals surface area contributed by atoms with E-state index in [1.54, 1.807) is 28.5 Å². The summed E-state index contributed by atoms with van der Waals surface area (Å²) in [7, 11) is 1.78. The lowest BCUT2D eigenvalue weighted by Crippen LogP contribution is -2.27. The number of nitrogens with one attached hydrogen (secondary N) is 2. The minimum absolute atomic E-state index is 0.295. The number of piperidine rings is 1. The minimum atomic E-state index is -0.332. The molecule has 0 aliphatic carbocycles. The number of aromatic nitrogens is 5. The van der Waals surface area contributed by atoms with Crippen molar-refractivity contribution in [2.24, 2.45) is 7.05 Å². The Hall–Kier alpha value is -2.71. The van der Waals surface area contributed by atoms with Crippen LogP contribution in [-0.2, 0) is 7.05 Å². The number of aryl methyl sites for hydroxylation is 2. The van der Waals surface area contributed by atoms with E-state index in [4.69, 9.17) is 11.6 Å². The van der Waals surface area contributed by atoms with Gasteiger partial charge in [-0.05, 0) is 51.1 Å². The maximum Gasteiger partial charge on any atom is 0.278 e. The van der Waals surface area contributed by atoms with Gasteiger partial charge in [-0.2, -0.15) is 15.2 Å². The lowest BCUT2D eigenvalue weighted by atomic mass is 9.98. The Kier molecular flexibility index (Phi) is 5.15. The minimum Gasteiger partial charge on any atom is -0.317 e. The SMILES string of the molecule is Cc1cc(C(=O)Nc2nc(C3CCNCC3)nn2C)nn1-c1ccccc1Cl. The zero-order valence-corrected chi connectivity index (χ0v) is 16.6. The summed E-state index contributed by atoms with van der Waals surface area (Å²) in [6.07, 6.45) is 2.00. The Labute approximate surface area is 167 Å². The molecule has 1 aliphatic rings. The van der Waals surface area contributed by atoms with Crippen molar-refractivity contribution in [3.8, 4) is 5.69 Å². The van der Waals surface area contributed by atoms with Crippen LogP contribution in [0.25, 0.3) is 5.69 Å². The summed E-state index contributed by atoms with van der Waals surface area (Å²) in [5.41, 5.74) is 1.84. The number of carbonyl (C=O) groups excluding carboxylic acids is 1. The predicted molar refractivity (Wildman–Crippen MR) is 107 cm³/mol. The van der Waals surface area contributed by atoms with Gasteiger partial charge in [0.2, 0.25) is 5.95 Å². The van der Waals surface area contributed by atoms with E-state index in [2.05, 4.69) is 25.8 Å². The first-order valence-corrected chi connectivity index (χ1v) is 9.65. The first-order valence-electron chi connectivity index (χ1n) is 9.27. The molecular formula is C19H22ClN7O. The van der Waals surface area contributed by atoms with Gasteiger partial charge in [0.25, 0.3) is 5.91 Å². The van der Waals surface area contributed by atoms with Crippen LogP contribution in [0.2, 0.25) is 5.02 Å². The number of benzene rings is 1. The zero-order valence-electron chi connectivity index (χ0n) is 15.8. The Morgan fingerprint density at radius 3 is 2.75 bits per heavy atom. The Morgan fingerprint density at radius 2 is 2.00 bits per heavy atom. The molecule has 1 aliphatic heterocycles. The van der Waals surface area contributed by atoms with Crippen molar-refractivity contribution < 1.29 is 4.79 Å². The molecule has 1 saturated heterocycles. The molecule has 4 rings (SSSR count). The van der Waals surface area contributed by atoms with Crippen molar-refractivity contribution in [1.82, 2.24) is 29.9 Å². The lowest BCUT2D eigenvalue weighted by Gasteiger charge is -2.19. The monoisotopic (exact) mass is 399 g/mol. The second-order valence-electron chi connectivity index (χ2n) is 6.93. The van der Waals surface area contributed by atoms with Gasteiger partial charge in [-0.15, -0.1) is 0 Å². The fraction of sp³-hybridized carbons (Fsp3) is 0.368. The molecule has 0 spiro atoms. The third-order valence-electron chi connectivity index (χ3n) is 4.91. The van der Waals surface area contributed by atoms with Crippen molar-refractivity contribution >= 4 is 23.5 Å². The Balaban J connectivity index is 1.54. The smallest absolute Gasteiger partial charge is 0.278 e. The molecule has 3 aromatic rings. The Morgan fingerprint density at radius 1 is 1.25 bits per heavy atom. The molecule has 28 heavy (non-hydrogen) atoms. The normalized spacial score (nSPS) is 15.0. The fourth-order valence-corrected chi connectivity index (χ4v) is 3.60. The number of carbonyl (C=O) groups is 1. The van der Waals surface area contributed by atoms with E-state index in [0.717, 1.165) is 43.1 Å². The maximum atomic E-state index is 12.7. The summed E-state index contributed by atoms with van der Waals surface area (Å²) >= 11 is 6.26. The molecular weight excluding hydrogens is 378 g/mol. The van der Waals surface area contributed by atoms with Crippen molar-refractivity contribution in [1.29, 1.82) is 0 Å². The van der Waals surface area contributed by atoms with Crippen molar-refractivity contribution in [3.05, 3.63) is 52.6 Å². The number of hydrogen-bond acceptors (Lipinski definition) is 5. The van der Waals surface area contributed by atoms with Crippen molar-refractivity contribution in [3.63, 3.8) is 0 Å². The van der Waals surface area contributed by atoms with Crippen molar-refractivity contribution in [2.75, 3.05) is 18.4 Å². The van der Waals surface area contributed by atoms with Gasteiger partial charge in [-0.25, -0.2) is 9.36 Å². The van der Waals surface area contributed by atoms with Crippen LogP contribution in [0.3, 0.4) is 0 Å². The van der Waals surface area contributed by atoms with Gasteiger partial charge in [-0.3, -0.25) is 10.1 Å². The van der Waals surface area contributed by atoms with Crippen molar-refractivity contribution in [2.45, 2.75) is 25.7 Å². The summed E-state index contributed by atoms with van der Waals surface area (Å²) in [4.78, 5) is 17.3. The molecule has 2 N–H and O–H groups in total. The van der Waals surface area contributed by atoms with Gasteiger partial charge in [-0.1, -0.05) is 23.7 Å². The summed E-state index contributed by atoms with van der Waals surface area (Å²) in [6.45, 7) is 3.80. The highest BCUT2D eigenvalue weighted by molar-refractivity contribution is 6.32. The van der Waals surface area contributed by atoms with E-state index in [0.29, 0.717) is 22.6 Å². The highest BCUT2D eigenvalue weighted by atomic mass is 35.5. The van der Waals surface area contributed by atoms with Gasteiger partial charge in [0.15, 0.2) is 11.5 Å². The Bertz CT molecular complexity index is 1000. The molecule has 1 amide bonds. The number of nitrogens with zero attached hydrogens (tertiary/aromatic N) is 5. The average Bonchev–Trinajstić information content (AvgIpc) is 3.26. The standard InChI is InChI=1S/C19H22ClN7O/c1-12-11-15(24-27(12)16-6-4-3-5-14(16)20)18(28)23-19-22-17(25-26(19)2)13-7-9-21-10-8-13/h3-6,11,13,21H,7-10H2,1-2H3,(H,22,23,25,28). The van der Waals surface area contributed by atoms with Crippen LogP contribution >= 0.6 is 11.6 Å². The molecule has 0 unspecified atom stereocenters. The number of halogens is 1. The molecule has 1 fully saturated rings. The topological polar surface area (TPSA) is 89.7 Å². The zero-order chi connectivity index (χ0) is 19.7. The number of hydrogen-bond donors (Lipinski definition) is 2. The first-order chi connectivity index (χ1) is 13.5. The summed E-state index contributed by atoms with van der Waals surface area (Å²) in [5, 5.41) is 15.6. The molecule has 8 nitrogen and oxygen atoms in total. The number of para-hydroxylation sites is 1. The van der Waals surface area contributed by atoms with E-state index in [1.165, 1.54) is 0 Å². The molecule has 9 heteroatoms. The third-order valence-corrected chi connectivity index (χ3v) is 5.23. The van der Waals surface area contributed by atoms with Crippen LogP contribution < -0.4 is 10.6 Å². The highest BCUT2D eigenvalue weighted by Gasteiger charge is 2.22. The van der Waals surface area contributed by atoms with Gasteiger partial charge in [0.1, 0.15) is 0 Å². The third kappa shape index (κ3) is 3.65. The van der Waals surface area contributed by atoms with Crippen LogP contribution in [0.5, 0.6) is 0 Å². The van der Waals surface area contributed by atoms with Gasteiger partial charge < -0.3 is 5.32 Å². The van der Waals surface area contributed by atoms with Crippen LogP contribution in [0.4, 0.5) is 5.95 Å². The number of amides is 1. The van der Waals surface area contributed by atoms with E-state index in [1.807, 2.05) is 25.1 Å². The number of anilines is 1. The quantitative estimate of drug-likeness (QED) is 0.704. The average molecular weight is 400 g/mol. The van der Waals surface area contributed by atoms with E-state index in [-0.39, 0.29) is 5.91 Å². The molecule has 0 atom stereocenters. The molecule has 0 bridgehead atoms. The fourth-order valence-electron chi connectivity index (χ4n) is 3.38. The van der Waals surface area contributed by atoms with Crippen LogP contribution in [0.1, 0.15) is 40.8 Å². The molecule has 2 aromatic heterocycles. The predicted octanol–water partition coefficient (Wildman–Crippen LogP) is 2.68. The molecule has 1 aromatic carbocycles. The summed E-state index contributed by atoms with van der Waals surface area (Å²) < 4.78 is 3.27. The molecule has 0 saturated carbocycles. The second-order valence-corrected chi connectivity index (χ2v) is 7.34. The maximum absolute atomic E-state index is 12.7. The molecule has 0 radical (unpaired) electrons. The summed E-state index contributed by atoms with van der Waals surface area (Å²) in [5.74, 6) is 1.18.